The van der Waals surface area contributed by atoms with Crippen molar-refractivity contribution in [2.45, 2.75) is 3.89 Å². The van der Waals surface area contributed by atoms with Crippen molar-refractivity contribution in [1.29, 1.82) is 0 Å². The molecule has 0 aliphatic rings. The third-order valence-corrected chi connectivity index (χ3v) is 4.81. The van der Waals surface area contributed by atoms with Gasteiger partial charge in [0.05, 0.1) is 0 Å². The molecule has 0 nitrogen and oxygen atoms in total. The predicted octanol–water partition coefficient (Wildman–Crippen LogP) is 4.53. The molecule has 0 atom stereocenters. The van der Waals surface area contributed by atoms with Crippen molar-refractivity contribution in [3.05, 3.63) is 108 Å². The van der Waals surface area contributed by atoms with Crippen LogP contribution in [0.5, 0.6) is 0 Å². The number of hydrogen-bond acceptors (Lipinski definition) is 0. The van der Waals surface area contributed by atoms with Crippen LogP contribution in [0, 0.1) is 0 Å². The summed E-state index contributed by atoms with van der Waals surface area (Å²) in [5.41, 5.74) is 3.75. The van der Waals surface area contributed by atoms with Crippen LogP contribution in [0.1, 0.15) is 16.7 Å². The Bertz CT molecular complexity index is 563. The molecule has 0 aliphatic heterocycles. The van der Waals surface area contributed by atoms with Gasteiger partial charge >= 0.3 is 131 Å². The van der Waals surface area contributed by atoms with E-state index in [0.717, 1.165) is 0 Å². The molecule has 0 heterocycles. The van der Waals surface area contributed by atoms with Crippen LogP contribution in [0.4, 0.5) is 0 Å². The molecule has 3 aromatic carbocycles. The average molecular weight is 350 g/mol. The van der Waals surface area contributed by atoms with Gasteiger partial charge in [0.15, 0.2) is 0 Å². The molecule has 0 N–H and O–H groups in total. The van der Waals surface area contributed by atoms with Gasteiger partial charge in [-0.1, -0.05) is 0 Å². The zero-order chi connectivity index (χ0) is 13.8. The Hall–Kier alpha value is -1.68. The van der Waals surface area contributed by atoms with Gasteiger partial charge in [0.1, 0.15) is 0 Å². The van der Waals surface area contributed by atoms with Crippen LogP contribution >= 0.6 is 0 Å². The molecule has 0 radical (unpaired) electrons. The van der Waals surface area contributed by atoms with E-state index < -0.39 is 0 Å². The number of hydrogen-bond donors (Lipinski definition) is 0. The first-order valence-corrected chi connectivity index (χ1v) is 7.42. The molecule has 3 aromatic rings. The van der Waals surface area contributed by atoms with E-state index in [1.54, 1.807) is 0 Å². The molecular weight excluding hydrogens is 335 g/mol. The summed E-state index contributed by atoms with van der Waals surface area (Å²) in [6.45, 7) is 0. The molecule has 0 aromatic heterocycles. The summed E-state index contributed by atoms with van der Waals surface area (Å²) in [4.78, 5) is 0. The average Bonchev–Trinajstić information content (AvgIpc) is 2.56. The number of benzene rings is 3. The Morgan fingerprint density at radius 3 is 0.950 bits per heavy atom. The molecular formula is C19H15Pd. The second kappa shape index (κ2) is 5.75. The van der Waals surface area contributed by atoms with E-state index in [9.17, 15) is 0 Å². The summed E-state index contributed by atoms with van der Waals surface area (Å²) in [5, 5.41) is 0. The van der Waals surface area contributed by atoms with Crippen molar-refractivity contribution < 1.29 is 19.2 Å². The zero-order valence-corrected chi connectivity index (χ0v) is 12.5. The fraction of sp³-hybridized carbons (Fsp3) is 0.0526. The van der Waals surface area contributed by atoms with E-state index in [-0.39, 0.29) is 3.89 Å². The summed E-state index contributed by atoms with van der Waals surface area (Å²) in [6, 6.07) is 31.7. The van der Waals surface area contributed by atoms with E-state index in [2.05, 4.69) is 110 Å². The number of rotatable bonds is 3. The molecule has 101 valence electrons. The van der Waals surface area contributed by atoms with Crippen LogP contribution in [-0.2, 0) is 23.1 Å². The Labute approximate surface area is 130 Å². The van der Waals surface area contributed by atoms with Crippen molar-refractivity contribution in [2.24, 2.45) is 0 Å². The molecule has 0 saturated heterocycles. The van der Waals surface area contributed by atoms with Crippen LogP contribution < -0.4 is 0 Å². The van der Waals surface area contributed by atoms with Gasteiger partial charge in [-0.25, -0.2) is 0 Å². The molecule has 0 fully saturated rings. The molecule has 0 amide bonds. The third-order valence-electron chi connectivity index (χ3n) is 3.46. The fourth-order valence-electron chi connectivity index (χ4n) is 2.47. The van der Waals surface area contributed by atoms with Crippen molar-refractivity contribution in [2.75, 3.05) is 0 Å². The van der Waals surface area contributed by atoms with Gasteiger partial charge in [0, 0.05) is 0 Å². The molecule has 1 heteroatoms. The molecule has 0 spiro atoms. The third kappa shape index (κ3) is 2.36. The maximum atomic E-state index is 3.67. The van der Waals surface area contributed by atoms with E-state index in [1.165, 1.54) is 16.7 Å². The van der Waals surface area contributed by atoms with Gasteiger partial charge in [-0.15, -0.1) is 0 Å². The summed E-state index contributed by atoms with van der Waals surface area (Å²) < 4.78 is -0.271. The molecule has 0 aliphatic carbocycles. The summed E-state index contributed by atoms with van der Waals surface area (Å²) in [6.07, 6.45) is 0. The molecule has 0 bridgehead atoms. The maximum absolute atomic E-state index is 3.67. The SMILES string of the molecule is [Pd][C](c1ccccc1)(c1ccccc1)c1ccccc1. The topological polar surface area (TPSA) is 0 Å². The molecule has 0 saturated carbocycles. The van der Waals surface area contributed by atoms with E-state index in [0.29, 0.717) is 0 Å². The van der Waals surface area contributed by atoms with Crippen LogP contribution in [0.25, 0.3) is 0 Å². The minimum atomic E-state index is -0.271. The molecule has 0 unspecified atom stereocenters. The van der Waals surface area contributed by atoms with Crippen molar-refractivity contribution in [3.63, 3.8) is 0 Å². The monoisotopic (exact) mass is 349 g/mol. The van der Waals surface area contributed by atoms with Crippen molar-refractivity contribution in [3.8, 4) is 0 Å². The Morgan fingerprint density at radius 1 is 0.450 bits per heavy atom. The Kier molecular flexibility index (Phi) is 3.83. The fourth-order valence-corrected chi connectivity index (χ4v) is 3.25. The first kappa shape index (κ1) is 13.3. The van der Waals surface area contributed by atoms with Gasteiger partial charge in [0.2, 0.25) is 0 Å². The molecule has 20 heavy (non-hydrogen) atoms. The normalized spacial score (nSPS) is 11.3. The van der Waals surface area contributed by atoms with Crippen LogP contribution in [0.2, 0.25) is 0 Å². The second-order valence-electron chi connectivity index (χ2n) is 4.71. The van der Waals surface area contributed by atoms with Gasteiger partial charge in [-0.05, 0) is 0 Å². The predicted molar refractivity (Wildman–Crippen MR) is 79.2 cm³/mol. The first-order chi connectivity index (χ1) is 9.82. The summed E-state index contributed by atoms with van der Waals surface area (Å²) >= 11 is 3.67. The standard InChI is InChI=1S/C19H15.Pd/c1-4-10-16(11-5-1)19(17-12-6-2-7-13-17)18-14-8-3-9-15-18;/h1-15H;. The van der Waals surface area contributed by atoms with E-state index in [4.69, 9.17) is 0 Å². The van der Waals surface area contributed by atoms with Crippen LogP contribution in [0.15, 0.2) is 91.0 Å². The van der Waals surface area contributed by atoms with Gasteiger partial charge in [-0.2, -0.15) is 0 Å². The Balaban J connectivity index is 2.24. The van der Waals surface area contributed by atoms with Gasteiger partial charge in [0.25, 0.3) is 0 Å². The summed E-state index contributed by atoms with van der Waals surface area (Å²) in [5.74, 6) is 0. The van der Waals surface area contributed by atoms with Gasteiger partial charge in [-0.3, -0.25) is 0 Å². The minimum absolute atomic E-state index is 0.271. The second-order valence-corrected chi connectivity index (χ2v) is 5.88. The van der Waals surface area contributed by atoms with E-state index in [1.807, 2.05) is 0 Å². The quantitative estimate of drug-likeness (QED) is 0.481. The van der Waals surface area contributed by atoms with Crippen molar-refractivity contribution >= 4 is 0 Å². The molecule has 3 rings (SSSR count). The van der Waals surface area contributed by atoms with Crippen molar-refractivity contribution in [1.82, 2.24) is 0 Å². The van der Waals surface area contributed by atoms with Gasteiger partial charge < -0.3 is 0 Å². The Morgan fingerprint density at radius 2 is 0.700 bits per heavy atom. The van der Waals surface area contributed by atoms with E-state index >= 15 is 0 Å². The van der Waals surface area contributed by atoms with Crippen LogP contribution in [0.3, 0.4) is 0 Å². The van der Waals surface area contributed by atoms with Crippen LogP contribution in [-0.4, -0.2) is 0 Å². The zero-order valence-electron chi connectivity index (χ0n) is 11.0. The first-order valence-electron chi connectivity index (χ1n) is 6.64. The summed E-state index contributed by atoms with van der Waals surface area (Å²) in [7, 11) is 0.